The molecular weight excluding hydrogens is 374 g/mol. The van der Waals surface area contributed by atoms with Crippen molar-refractivity contribution in [3.8, 4) is 0 Å². The summed E-state index contributed by atoms with van der Waals surface area (Å²) in [6, 6.07) is 8.06. The molecule has 0 bridgehead atoms. The molecule has 0 saturated carbocycles. The highest BCUT2D eigenvalue weighted by Crippen LogP contribution is 2.31. The van der Waals surface area contributed by atoms with E-state index in [9.17, 15) is 0 Å². The van der Waals surface area contributed by atoms with Crippen LogP contribution in [0.5, 0.6) is 0 Å². The minimum absolute atomic E-state index is 0.0478. The van der Waals surface area contributed by atoms with Gasteiger partial charge >= 0.3 is 0 Å². The van der Waals surface area contributed by atoms with Crippen LogP contribution in [-0.4, -0.2) is 42.9 Å². The highest BCUT2D eigenvalue weighted by molar-refractivity contribution is 6.35. The lowest BCUT2D eigenvalue weighted by Gasteiger charge is -2.31. The lowest BCUT2D eigenvalue weighted by molar-refractivity contribution is 0.171. The standard InChI is InChI=1S/C20H20ClN7/c1-12(26-20-18-19(23-10-22-18)24-11-25-20)15-8-13-4-2-5-14(21)17(13)16(27-15)9-28-6-3-7-28/h2,4-5,8,10-12H,3,6-7,9H2,1H3,(H2,22,23,24,25,26)/t12-/m0/s1. The second-order valence-corrected chi connectivity index (χ2v) is 7.56. The number of nitrogens with one attached hydrogen (secondary N) is 2. The van der Waals surface area contributed by atoms with E-state index in [2.05, 4.69) is 49.2 Å². The zero-order valence-electron chi connectivity index (χ0n) is 15.5. The number of rotatable bonds is 5. The molecule has 8 heteroatoms. The Labute approximate surface area is 167 Å². The molecular formula is C20H20ClN7. The predicted molar refractivity (Wildman–Crippen MR) is 110 cm³/mol. The number of halogens is 1. The molecule has 1 atom stereocenters. The van der Waals surface area contributed by atoms with Crippen LogP contribution in [0.1, 0.15) is 30.8 Å². The summed E-state index contributed by atoms with van der Waals surface area (Å²) in [4.78, 5) is 23.2. The van der Waals surface area contributed by atoms with E-state index >= 15 is 0 Å². The molecule has 7 nitrogen and oxygen atoms in total. The van der Waals surface area contributed by atoms with Crippen LogP contribution in [0.25, 0.3) is 21.9 Å². The van der Waals surface area contributed by atoms with Crippen molar-refractivity contribution < 1.29 is 0 Å². The Morgan fingerprint density at radius 2 is 2.14 bits per heavy atom. The van der Waals surface area contributed by atoms with E-state index in [0.29, 0.717) is 11.5 Å². The van der Waals surface area contributed by atoms with Crippen molar-refractivity contribution in [2.75, 3.05) is 18.4 Å². The first kappa shape index (κ1) is 17.3. The average Bonchev–Trinajstić information content (AvgIpc) is 3.14. The summed E-state index contributed by atoms with van der Waals surface area (Å²) in [5.41, 5.74) is 3.41. The van der Waals surface area contributed by atoms with E-state index in [1.807, 2.05) is 12.1 Å². The van der Waals surface area contributed by atoms with Gasteiger partial charge in [0, 0.05) is 11.9 Å². The average molecular weight is 394 g/mol. The molecule has 0 amide bonds. The number of imidazole rings is 1. The summed E-state index contributed by atoms with van der Waals surface area (Å²) in [6.07, 6.45) is 4.39. The molecule has 0 radical (unpaired) electrons. The molecule has 4 heterocycles. The molecule has 0 aliphatic carbocycles. The number of likely N-dealkylation sites (tertiary alicyclic amines) is 1. The Bertz CT molecular complexity index is 1150. The second kappa shape index (κ2) is 7.00. The van der Waals surface area contributed by atoms with Gasteiger partial charge in [-0.1, -0.05) is 23.7 Å². The number of anilines is 1. The molecule has 1 aliphatic heterocycles. The number of aromatic amines is 1. The fraction of sp³-hybridized carbons (Fsp3) is 0.300. The van der Waals surface area contributed by atoms with E-state index in [1.165, 1.54) is 12.7 Å². The van der Waals surface area contributed by atoms with Crippen LogP contribution < -0.4 is 5.32 Å². The number of fused-ring (bicyclic) bond motifs is 2. The minimum atomic E-state index is -0.0478. The van der Waals surface area contributed by atoms with Crippen LogP contribution in [0.15, 0.2) is 36.9 Å². The van der Waals surface area contributed by atoms with Gasteiger partial charge in [0.2, 0.25) is 0 Å². The van der Waals surface area contributed by atoms with Gasteiger partial charge in [-0.3, -0.25) is 9.88 Å². The van der Waals surface area contributed by atoms with Gasteiger partial charge in [0.05, 0.1) is 28.8 Å². The third-order valence-corrected chi connectivity index (χ3v) is 5.55. The van der Waals surface area contributed by atoms with Crippen molar-refractivity contribution >= 4 is 39.4 Å². The Balaban J connectivity index is 1.53. The van der Waals surface area contributed by atoms with Gasteiger partial charge in [-0.05, 0) is 44.0 Å². The SMILES string of the molecule is C[C@H](Nc1ncnc2[nH]cnc12)c1cc2cccc(Cl)c2c(CN2CCC2)n1. The van der Waals surface area contributed by atoms with E-state index < -0.39 is 0 Å². The molecule has 5 rings (SSSR count). The molecule has 28 heavy (non-hydrogen) atoms. The Kier molecular flexibility index (Phi) is 4.33. The second-order valence-electron chi connectivity index (χ2n) is 7.15. The van der Waals surface area contributed by atoms with Crippen molar-refractivity contribution in [2.24, 2.45) is 0 Å². The van der Waals surface area contributed by atoms with Crippen LogP contribution in [-0.2, 0) is 6.54 Å². The topological polar surface area (TPSA) is 82.6 Å². The fourth-order valence-electron chi connectivity index (χ4n) is 3.61. The zero-order chi connectivity index (χ0) is 19.1. The van der Waals surface area contributed by atoms with E-state index in [4.69, 9.17) is 16.6 Å². The molecule has 1 aromatic carbocycles. The van der Waals surface area contributed by atoms with Crippen LogP contribution in [0.2, 0.25) is 5.02 Å². The van der Waals surface area contributed by atoms with Gasteiger partial charge in [-0.2, -0.15) is 0 Å². The Morgan fingerprint density at radius 1 is 1.25 bits per heavy atom. The monoisotopic (exact) mass is 393 g/mol. The van der Waals surface area contributed by atoms with Gasteiger partial charge in [0.15, 0.2) is 11.5 Å². The van der Waals surface area contributed by atoms with Crippen molar-refractivity contribution in [3.05, 3.63) is 53.3 Å². The first-order chi connectivity index (χ1) is 13.7. The molecule has 3 aromatic heterocycles. The number of pyridine rings is 1. The molecule has 0 spiro atoms. The molecule has 4 aromatic rings. The Hall–Kier alpha value is -2.77. The summed E-state index contributed by atoms with van der Waals surface area (Å²) < 4.78 is 0. The summed E-state index contributed by atoms with van der Waals surface area (Å²) in [5, 5.41) is 6.33. The van der Waals surface area contributed by atoms with Gasteiger partial charge in [-0.15, -0.1) is 0 Å². The van der Waals surface area contributed by atoms with Crippen molar-refractivity contribution in [1.82, 2.24) is 29.8 Å². The molecule has 1 aliphatic rings. The maximum Gasteiger partial charge on any atom is 0.162 e. The van der Waals surface area contributed by atoms with Crippen LogP contribution in [0.3, 0.4) is 0 Å². The third kappa shape index (κ3) is 3.06. The summed E-state index contributed by atoms with van der Waals surface area (Å²) in [5.74, 6) is 0.691. The van der Waals surface area contributed by atoms with Crippen LogP contribution in [0.4, 0.5) is 5.82 Å². The van der Waals surface area contributed by atoms with Gasteiger partial charge in [0.1, 0.15) is 11.8 Å². The highest BCUT2D eigenvalue weighted by Gasteiger charge is 2.20. The van der Waals surface area contributed by atoms with E-state index in [-0.39, 0.29) is 6.04 Å². The van der Waals surface area contributed by atoms with Crippen molar-refractivity contribution in [2.45, 2.75) is 25.9 Å². The number of nitrogens with zero attached hydrogens (tertiary/aromatic N) is 5. The summed E-state index contributed by atoms with van der Waals surface area (Å²) in [6.45, 7) is 5.12. The largest absolute Gasteiger partial charge is 0.360 e. The first-order valence-corrected chi connectivity index (χ1v) is 9.78. The fourth-order valence-corrected chi connectivity index (χ4v) is 3.90. The molecule has 1 saturated heterocycles. The normalized spacial score (nSPS) is 15.6. The molecule has 2 N–H and O–H groups in total. The first-order valence-electron chi connectivity index (χ1n) is 9.40. The van der Waals surface area contributed by atoms with Crippen LogP contribution >= 0.6 is 11.6 Å². The maximum atomic E-state index is 6.52. The van der Waals surface area contributed by atoms with Gasteiger partial charge < -0.3 is 10.3 Å². The van der Waals surface area contributed by atoms with Gasteiger partial charge in [-0.25, -0.2) is 15.0 Å². The van der Waals surface area contributed by atoms with Crippen molar-refractivity contribution in [1.29, 1.82) is 0 Å². The number of aromatic nitrogens is 5. The molecule has 142 valence electrons. The van der Waals surface area contributed by atoms with E-state index in [1.54, 1.807) is 6.33 Å². The van der Waals surface area contributed by atoms with Crippen molar-refractivity contribution in [3.63, 3.8) is 0 Å². The maximum absolute atomic E-state index is 6.52. The highest BCUT2D eigenvalue weighted by atomic mass is 35.5. The number of benzene rings is 1. The third-order valence-electron chi connectivity index (χ3n) is 5.24. The Morgan fingerprint density at radius 3 is 2.96 bits per heavy atom. The van der Waals surface area contributed by atoms with E-state index in [0.717, 1.165) is 52.3 Å². The number of hydrogen-bond donors (Lipinski definition) is 2. The predicted octanol–water partition coefficient (Wildman–Crippen LogP) is 3.93. The minimum Gasteiger partial charge on any atom is -0.360 e. The smallest absolute Gasteiger partial charge is 0.162 e. The number of H-pyrrole nitrogens is 1. The van der Waals surface area contributed by atoms with Crippen LogP contribution in [0, 0.1) is 0 Å². The summed E-state index contributed by atoms with van der Waals surface area (Å²) in [7, 11) is 0. The molecule has 0 unspecified atom stereocenters. The summed E-state index contributed by atoms with van der Waals surface area (Å²) >= 11 is 6.52. The molecule has 1 fully saturated rings. The van der Waals surface area contributed by atoms with Gasteiger partial charge in [0.25, 0.3) is 0 Å². The number of hydrogen-bond acceptors (Lipinski definition) is 6. The quantitative estimate of drug-likeness (QED) is 0.534. The zero-order valence-corrected chi connectivity index (χ0v) is 16.2. The lowest BCUT2D eigenvalue weighted by Crippen LogP contribution is -2.36. The lowest BCUT2D eigenvalue weighted by atomic mass is 10.0.